The van der Waals surface area contributed by atoms with Gasteiger partial charge in [-0.2, -0.15) is 13.2 Å². The van der Waals surface area contributed by atoms with Crippen molar-refractivity contribution in [2.45, 2.75) is 19.2 Å². The number of hydrogen-bond donors (Lipinski definition) is 2. The number of aliphatic hydroxyl groups is 1. The molecule has 3 nitrogen and oxygen atoms in total. The van der Waals surface area contributed by atoms with Gasteiger partial charge in [0.2, 0.25) is 0 Å². The number of halogens is 4. The molecule has 2 rings (SSSR count). The topological polar surface area (TPSA) is 49.3 Å². The second-order valence-corrected chi connectivity index (χ2v) is 5.33. The van der Waals surface area contributed by atoms with E-state index in [9.17, 15) is 27.5 Å². The van der Waals surface area contributed by atoms with E-state index in [4.69, 9.17) is 0 Å². The van der Waals surface area contributed by atoms with E-state index in [1.54, 1.807) is 13.0 Å². The van der Waals surface area contributed by atoms with Gasteiger partial charge in [-0.3, -0.25) is 4.79 Å². The molecule has 7 heteroatoms. The van der Waals surface area contributed by atoms with Crippen molar-refractivity contribution in [1.82, 2.24) is 5.32 Å². The minimum Gasteiger partial charge on any atom is -0.387 e. The van der Waals surface area contributed by atoms with Crippen LogP contribution in [0.15, 0.2) is 42.5 Å². The number of aryl methyl sites for hydroxylation is 1. The highest BCUT2D eigenvalue weighted by atomic mass is 19.4. The Kier molecular flexibility index (Phi) is 5.23. The van der Waals surface area contributed by atoms with Crippen molar-refractivity contribution in [1.29, 1.82) is 0 Å². The fourth-order valence-electron chi connectivity index (χ4n) is 2.13. The number of hydrogen-bond acceptors (Lipinski definition) is 2. The summed E-state index contributed by atoms with van der Waals surface area (Å²) in [5, 5.41) is 12.2. The van der Waals surface area contributed by atoms with E-state index >= 15 is 0 Å². The third-order valence-electron chi connectivity index (χ3n) is 3.42. The summed E-state index contributed by atoms with van der Waals surface area (Å²) in [4.78, 5) is 11.9. The van der Waals surface area contributed by atoms with Crippen LogP contribution in [-0.2, 0) is 6.18 Å². The van der Waals surface area contributed by atoms with Crippen LogP contribution in [0.25, 0.3) is 0 Å². The van der Waals surface area contributed by atoms with Crippen LogP contribution in [0.4, 0.5) is 17.6 Å². The number of amides is 1. The number of alkyl halides is 3. The van der Waals surface area contributed by atoms with Gasteiger partial charge < -0.3 is 10.4 Å². The normalized spacial score (nSPS) is 12.8. The number of nitrogens with one attached hydrogen (secondary N) is 1. The second-order valence-electron chi connectivity index (χ2n) is 5.33. The third kappa shape index (κ3) is 4.32. The molecule has 128 valence electrons. The fraction of sp³-hybridized carbons (Fsp3) is 0.235. The van der Waals surface area contributed by atoms with Gasteiger partial charge in [0.05, 0.1) is 17.2 Å². The van der Waals surface area contributed by atoms with Crippen LogP contribution in [0.1, 0.15) is 33.2 Å². The zero-order valence-corrected chi connectivity index (χ0v) is 12.7. The maximum atomic E-state index is 13.7. The van der Waals surface area contributed by atoms with Gasteiger partial charge in [0, 0.05) is 6.54 Å². The first-order valence-electron chi connectivity index (χ1n) is 7.08. The fourth-order valence-corrected chi connectivity index (χ4v) is 2.13. The Morgan fingerprint density at radius 3 is 2.54 bits per heavy atom. The molecule has 0 radical (unpaired) electrons. The number of aliphatic hydroxyl groups excluding tert-OH is 1. The smallest absolute Gasteiger partial charge is 0.387 e. The molecule has 0 aromatic heterocycles. The monoisotopic (exact) mass is 341 g/mol. The molecular formula is C17H15F4NO2. The van der Waals surface area contributed by atoms with Crippen LogP contribution in [0.5, 0.6) is 0 Å². The number of carbonyl (C=O) groups excluding carboxylic acids is 1. The summed E-state index contributed by atoms with van der Waals surface area (Å²) in [5.41, 5.74) is -0.436. The van der Waals surface area contributed by atoms with Crippen LogP contribution in [0, 0.1) is 12.7 Å². The van der Waals surface area contributed by atoms with Crippen molar-refractivity contribution in [3.63, 3.8) is 0 Å². The quantitative estimate of drug-likeness (QED) is 0.835. The molecule has 1 atom stereocenters. The molecule has 0 bridgehead atoms. The average molecular weight is 341 g/mol. The summed E-state index contributed by atoms with van der Waals surface area (Å²) in [5.74, 6) is -1.46. The Morgan fingerprint density at radius 2 is 1.92 bits per heavy atom. The molecular weight excluding hydrogens is 326 g/mol. The lowest BCUT2D eigenvalue weighted by atomic mass is 10.1. The Morgan fingerprint density at radius 1 is 1.21 bits per heavy atom. The van der Waals surface area contributed by atoms with Crippen molar-refractivity contribution in [2.24, 2.45) is 0 Å². The highest BCUT2D eigenvalue weighted by molar-refractivity contribution is 5.94. The maximum absolute atomic E-state index is 13.7. The highest BCUT2D eigenvalue weighted by Gasteiger charge is 2.30. The molecule has 24 heavy (non-hydrogen) atoms. The third-order valence-corrected chi connectivity index (χ3v) is 3.42. The van der Waals surface area contributed by atoms with Crippen LogP contribution >= 0.6 is 0 Å². The summed E-state index contributed by atoms with van der Waals surface area (Å²) in [6, 6.07) is 8.23. The zero-order valence-electron chi connectivity index (χ0n) is 12.7. The maximum Gasteiger partial charge on any atom is 0.416 e. The van der Waals surface area contributed by atoms with Gasteiger partial charge in [0.15, 0.2) is 0 Å². The molecule has 0 aliphatic heterocycles. The predicted molar refractivity (Wildman–Crippen MR) is 79.9 cm³/mol. The molecule has 0 aliphatic rings. The van der Waals surface area contributed by atoms with E-state index in [-0.39, 0.29) is 17.7 Å². The Bertz CT molecular complexity index is 744. The van der Waals surface area contributed by atoms with Crippen molar-refractivity contribution >= 4 is 5.91 Å². The Balaban J connectivity index is 2.05. The SMILES string of the molecule is Cc1ccc(C(=O)NCC(O)c2cccc(C(F)(F)F)c2)c(F)c1. The molecule has 1 amide bonds. The van der Waals surface area contributed by atoms with Crippen molar-refractivity contribution in [3.8, 4) is 0 Å². The number of carbonyl (C=O) groups is 1. The van der Waals surface area contributed by atoms with Crippen molar-refractivity contribution < 1.29 is 27.5 Å². The molecule has 0 heterocycles. The van der Waals surface area contributed by atoms with Crippen molar-refractivity contribution in [2.75, 3.05) is 6.54 Å². The first kappa shape index (κ1) is 17.9. The van der Waals surface area contributed by atoms with E-state index in [2.05, 4.69) is 5.32 Å². The summed E-state index contributed by atoms with van der Waals surface area (Å²) in [7, 11) is 0. The van der Waals surface area contributed by atoms with E-state index < -0.39 is 29.6 Å². The average Bonchev–Trinajstić information content (AvgIpc) is 2.51. The van der Waals surface area contributed by atoms with Gasteiger partial charge >= 0.3 is 6.18 Å². The highest BCUT2D eigenvalue weighted by Crippen LogP contribution is 2.30. The molecule has 2 aromatic rings. The first-order valence-corrected chi connectivity index (χ1v) is 7.08. The number of benzene rings is 2. The van der Waals surface area contributed by atoms with Crippen LogP contribution in [-0.4, -0.2) is 17.6 Å². The van der Waals surface area contributed by atoms with E-state index in [0.717, 1.165) is 12.1 Å². The molecule has 0 aliphatic carbocycles. The van der Waals surface area contributed by atoms with E-state index in [0.29, 0.717) is 5.56 Å². The van der Waals surface area contributed by atoms with Gasteiger partial charge in [-0.1, -0.05) is 18.2 Å². The van der Waals surface area contributed by atoms with Gasteiger partial charge in [0.1, 0.15) is 5.82 Å². The van der Waals surface area contributed by atoms with Crippen molar-refractivity contribution in [3.05, 3.63) is 70.5 Å². The lowest BCUT2D eigenvalue weighted by Gasteiger charge is -2.15. The minimum atomic E-state index is -4.52. The lowest BCUT2D eigenvalue weighted by Crippen LogP contribution is -2.29. The Hall–Kier alpha value is -2.41. The van der Waals surface area contributed by atoms with Crippen LogP contribution in [0.2, 0.25) is 0 Å². The standard InChI is InChI=1S/C17H15F4NO2/c1-10-5-6-13(14(18)7-10)16(24)22-9-15(23)11-3-2-4-12(8-11)17(19,20)21/h2-8,15,23H,9H2,1H3,(H,22,24). The molecule has 0 saturated heterocycles. The van der Waals surface area contributed by atoms with Gasteiger partial charge in [-0.25, -0.2) is 4.39 Å². The Labute approximate surface area is 135 Å². The molecule has 0 fully saturated rings. The van der Waals surface area contributed by atoms with Crippen LogP contribution in [0.3, 0.4) is 0 Å². The van der Waals surface area contributed by atoms with Gasteiger partial charge in [-0.05, 0) is 42.3 Å². The minimum absolute atomic E-state index is 0.00880. The zero-order chi connectivity index (χ0) is 17.9. The molecule has 2 N–H and O–H groups in total. The molecule has 0 saturated carbocycles. The number of rotatable bonds is 4. The van der Waals surface area contributed by atoms with E-state index in [1.165, 1.54) is 24.3 Å². The lowest BCUT2D eigenvalue weighted by molar-refractivity contribution is -0.137. The summed E-state index contributed by atoms with van der Waals surface area (Å²) < 4.78 is 51.6. The second kappa shape index (κ2) is 7.00. The molecule has 1 unspecified atom stereocenters. The summed E-state index contributed by atoms with van der Waals surface area (Å²) in [6.07, 6.45) is -5.87. The predicted octanol–water partition coefficient (Wildman–Crippen LogP) is 3.62. The first-order chi connectivity index (χ1) is 11.2. The molecule has 2 aromatic carbocycles. The van der Waals surface area contributed by atoms with Gasteiger partial charge in [0.25, 0.3) is 5.91 Å². The molecule has 0 spiro atoms. The summed E-state index contributed by atoms with van der Waals surface area (Å²) >= 11 is 0. The van der Waals surface area contributed by atoms with E-state index in [1.807, 2.05) is 0 Å². The largest absolute Gasteiger partial charge is 0.416 e. The van der Waals surface area contributed by atoms with Crippen LogP contribution < -0.4 is 5.32 Å². The van der Waals surface area contributed by atoms with Gasteiger partial charge in [-0.15, -0.1) is 0 Å². The summed E-state index contributed by atoms with van der Waals surface area (Å²) in [6.45, 7) is 1.33.